The molecule has 1 amide bonds. The van der Waals surface area contributed by atoms with Crippen LogP contribution in [0.25, 0.3) is 0 Å². The van der Waals surface area contributed by atoms with Crippen LogP contribution in [0.1, 0.15) is 18.4 Å². The predicted octanol–water partition coefficient (Wildman–Crippen LogP) is 2.66. The molecule has 0 aliphatic carbocycles. The molecule has 0 N–H and O–H groups in total. The first-order valence-electron chi connectivity index (χ1n) is 8.41. The molecule has 1 aromatic carbocycles. The number of rotatable bonds is 6. The van der Waals surface area contributed by atoms with Crippen molar-refractivity contribution in [2.24, 2.45) is 0 Å². The molecule has 6 heteroatoms. The maximum Gasteiger partial charge on any atom is 0.222 e. The monoisotopic (exact) mass is 346 g/mol. The van der Waals surface area contributed by atoms with E-state index in [4.69, 9.17) is 11.6 Å². The molecule has 3 rings (SSSR count). The minimum atomic E-state index is 0.262. The van der Waals surface area contributed by atoms with Crippen LogP contribution in [0.5, 0.6) is 0 Å². The van der Waals surface area contributed by atoms with Crippen molar-refractivity contribution in [2.45, 2.75) is 25.9 Å². The van der Waals surface area contributed by atoms with E-state index >= 15 is 0 Å². The highest BCUT2D eigenvalue weighted by atomic mass is 35.5. The zero-order valence-corrected chi connectivity index (χ0v) is 14.5. The topological polar surface area (TPSA) is 41.4 Å². The van der Waals surface area contributed by atoms with E-state index in [1.54, 1.807) is 12.5 Å². The molecule has 0 bridgehead atoms. The molecule has 5 nitrogen and oxygen atoms in total. The van der Waals surface area contributed by atoms with E-state index in [2.05, 4.69) is 16.0 Å². The van der Waals surface area contributed by atoms with Gasteiger partial charge in [0, 0.05) is 63.1 Å². The lowest BCUT2D eigenvalue weighted by atomic mass is 10.2. The van der Waals surface area contributed by atoms with Crippen LogP contribution in [0.2, 0.25) is 5.02 Å². The standard InChI is InChI=1S/C18H23ClN4O/c19-17-4-1-3-16(13-17)14-21-9-11-23(12-10-21)18(24)5-2-7-22-8-6-20-15-22/h1,3-4,6,8,13,15H,2,5,7,9-12,14H2. The number of carbonyl (C=O) groups is 1. The fourth-order valence-electron chi connectivity index (χ4n) is 3.04. The summed E-state index contributed by atoms with van der Waals surface area (Å²) in [5, 5.41) is 0.777. The van der Waals surface area contributed by atoms with Gasteiger partial charge < -0.3 is 9.47 Å². The minimum Gasteiger partial charge on any atom is -0.340 e. The van der Waals surface area contributed by atoms with E-state index in [1.165, 1.54) is 5.56 Å². The Kier molecular flexibility index (Phi) is 5.88. The molecule has 1 fully saturated rings. The number of amides is 1. The fraction of sp³-hybridized carbons (Fsp3) is 0.444. The maximum atomic E-state index is 12.3. The molecule has 0 radical (unpaired) electrons. The highest BCUT2D eigenvalue weighted by molar-refractivity contribution is 6.30. The number of piperazine rings is 1. The molecule has 0 saturated carbocycles. The van der Waals surface area contributed by atoms with E-state index in [0.717, 1.165) is 50.7 Å². The smallest absolute Gasteiger partial charge is 0.222 e. The van der Waals surface area contributed by atoms with Gasteiger partial charge in [-0.15, -0.1) is 0 Å². The first-order valence-corrected chi connectivity index (χ1v) is 8.79. The Morgan fingerprint density at radius 3 is 2.75 bits per heavy atom. The largest absolute Gasteiger partial charge is 0.340 e. The molecule has 2 aromatic rings. The van der Waals surface area contributed by atoms with Gasteiger partial charge >= 0.3 is 0 Å². The predicted molar refractivity (Wildman–Crippen MR) is 94.8 cm³/mol. The van der Waals surface area contributed by atoms with Gasteiger partial charge in [0.25, 0.3) is 0 Å². The van der Waals surface area contributed by atoms with Crippen molar-refractivity contribution < 1.29 is 4.79 Å². The highest BCUT2D eigenvalue weighted by Gasteiger charge is 2.20. The number of benzene rings is 1. The summed E-state index contributed by atoms with van der Waals surface area (Å²) in [6, 6.07) is 7.98. The van der Waals surface area contributed by atoms with Gasteiger partial charge in [0.05, 0.1) is 6.33 Å². The molecule has 24 heavy (non-hydrogen) atoms. The van der Waals surface area contributed by atoms with Crippen LogP contribution < -0.4 is 0 Å². The van der Waals surface area contributed by atoms with Crippen molar-refractivity contribution in [3.63, 3.8) is 0 Å². The van der Waals surface area contributed by atoms with Crippen LogP contribution in [0, 0.1) is 0 Å². The Bertz CT molecular complexity index is 651. The van der Waals surface area contributed by atoms with Crippen molar-refractivity contribution in [1.29, 1.82) is 0 Å². The Hall–Kier alpha value is -1.85. The normalized spacial score (nSPS) is 15.6. The number of hydrogen-bond donors (Lipinski definition) is 0. The zero-order valence-electron chi connectivity index (χ0n) is 13.8. The third-order valence-corrected chi connectivity index (χ3v) is 4.62. The van der Waals surface area contributed by atoms with Gasteiger partial charge in [-0.05, 0) is 24.1 Å². The van der Waals surface area contributed by atoms with Gasteiger partial charge in [-0.2, -0.15) is 0 Å². The van der Waals surface area contributed by atoms with Crippen LogP contribution in [0.4, 0.5) is 0 Å². The number of aryl methyl sites for hydroxylation is 1. The molecule has 1 aromatic heterocycles. The molecule has 1 aliphatic heterocycles. The number of halogens is 1. The average Bonchev–Trinajstić information content (AvgIpc) is 3.09. The first kappa shape index (κ1) is 17.0. The lowest BCUT2D eigenvalue weighted by Crippen LogP contribution is -2.48. The Morgan fingerprint density at radius 1 is 1.21 bits per heavy atom. The summed E-state index contributed by atoms with van der Waals surface area (Å²) in [6.07, 6.45) is 6.95. The van der Waals surface area contributed by atoms with Crippen LogP contribution >= 0.6 is 11.6 Å². The second-order valence-electron chi connectivity index (χ2n) is 6.19. The second kappa shape index (κ2) is 8.31. The summed E-state index contributed by atoms with van der Waals surface area (Å²) in [4.78, 5) is 20.7. The quantitative estimate of drug-likeness (QED) is 0.807. The Balaban J connectivity index is 1.38. The van der Waals surface area contributed by atoms with Gasteiger partial charge in [0.1, 0.15) is 0 Å². The molecule has 128 valence electrons. The minimum absolute atomic E-state index is 0.262. The molecule has 1 saturated heterocycles. The van der Waals surface area contributed by atoms with Crippen LogP contribution in [0.3, 0.4) is 0 Å². The Morgan fingerprint density at radius 2 is 2.04 bits per heavy atom. The third kappa shape index (κ3) is 4.82. The van der Waals surface area contributed by atoms with E-state index in [0.29, 0.717) is 6.42 Å². The highest BCUT2D eigenvalue weighted by Crippen LogP contribution is 2.14. The summed E-state index contributed by atoms with van der Waals surface area (Å²) >= 11 is 6.04. The first-order chi connectivity index (χ1) is 11.7. The van der Waals surface area contributed by atoms with Crippen molar-refractivity contribution in [1.82, 2.24) is 19.4 Å². The second-order valence-corrected chi connectivity index (χ2v) is 6.63. The van der Waals surface area contributed by atoms with E-state index in [9.17, 15) is 4.79 Å². The molecule has 1 aliphatic rings. The summed E-state index contributed by atoms with van der Waals surface area (Å²) in [5.41, 5.74) is 1.22. The van der Waals surface area contributed by atoms with Gasteiger partial charge in [-0.25, -0.2) is 4.98 Å². The van der Waals surface area contributed by atoms with Crippen LogP contribution in [0.15, 0.2) is 43.0 Å². The number of imidazole rings is 1. The molecule has 0 unspecified atom stereocenters. The van der Waals surface area contributed by atoms with Gasteiger partial charge in [0.15, 0.2) is 0 Å². The number of aromatic nitrogens is 2. The van der Waals surface area contributed by atoms with Crippen molar-refractivity contribution in [3.8, 4) is 0 Å². The summed E-state index contributed by atoms with van der Waals surface area (Å²) in [6.45, 7) is 5.19. The zero-order chi connectivity index (χ0) is 16.8. The van der Waals surface area contributed by atoms with Gasteiger partial charge in [0.2, 0.25) is 5.91 Å². The molecule has 0 atom stereocenters. The maximum absolute atomic E-state index is 12.3. The van der Waals surface area contributed by atoms with Crippen molar-refractivity contribution in [2.75, 3.05) is 26.2 Å². The fourth-order valence-corrected chi connectivity index (χ4v) is 3.25. The SMILES string of the molecule is O=C(CCCn1ccnc1)N1CCN(Cc2cccc(Cl)c2)CC1. The Labute approximate surface area is 147 Å². The van der Waals surface area contributed by atoms with Crippen LogP contribution in [-0.2, 0) is 17.9 Å². The lowest BCUT2D eigenvalue weighted by Gasteiger charge is -2.34. The van der Waals surface area contributed by atoms with Gasteiger partial charge in [-0.3, -0.25) is 9.69 Å². The van der Waals surface area contributed by atoms with E-state index < -0.39 is 0 Å². The van der Waals surface area contributed by atoms with Gasteiger partial charge in [-0.1, -0.05) is 23.7 Å². The molecular formula is C18H23ClN4O. The molecular weight excluding hydrogens is 324 g/mol. The number of carbonyl (C=O) groups excluding carboxylic acids is 1. The number of hydrogen-bond acceptors (Lipinski definition) is 3. The average molecular weight is 347 g/mol. The van der Waals surface area contributed by atoms with Crippen LogP contribution in [-0.4, -0.2) is 51.4 Å². The molecule has 2 heterocycles. The van der Waals surface area contributed by atoms with E-state index in [1.807, 2.05) is 33.9 Å². The van der Waals surface area contributed by atoms with Crippen molar-refractivity contribution >= 4 is 17.5 Å². The summed E-state index contributed by atoms with van der Waals surface area (Å²) < 4.78 is 2.01. The molecule has 0 spiro atoms. The third-order valence-electron chi connectivity index (χ3n) is 4.39. The summed E-state index contributed by atoms with van der Waals surface area (Å²) in [5.74, 6) is 0.262. The number of nitrogens with zero attached hydrogens (tertiary/aromatic N) is 4. The lowest BCUT2D eigenvalue weighted by molar-refractivity contribution is -0.133. The van der Waals surface area contributed by atoms with Crippen molar-refractivity contribution in [3.05, 3.63) is 53.6 Å². The summed E-state index contributed by atoms with van der Waals surface area (Å²) in [7, 11) is 0. The van der Waals surface area contributed by atoms with E-state index in [-0.39, 0.29) is 5.91 Å².